The van der Waals surface area contributed by atoms with Crippen molar-refractivity contribution in [2.75, 3.05) is 46.9 Å². The summed E-state index contributed by atoms with van der Waals surface area (Å²) in [7, 11) is 4.07. The summed E-state index contributed by atoms with van der Waals surface area (Å²) in [5, 5.41) is 6.94. The van der Waals surface area contributed by atoms with Crippen molar-refractivity contribution in [2.45, 2.75) is 70.8 Å². The molecular weight excluding hydrogens is 312 g/mol. The van der Waals surface area contributed by atoms with Crippen LogP contribution in [-0.2, 0) is 4.74 Å². The van der Waals surface area contributed by atoms with E-state index in [4.69, 9.17) is 9.73 Å². The van der Waals surface area contributed by atoms with Crippen LogP contribution in [0, 0.1) is 5.41 Å². The molecule has 0 saturated heterocycles. The number of hydrogen-bond acceptors (Lipinski definition) is 3. The molecular formula is C20H40N4O. The number of nitrogens with zero attached hydrogens (tertiary/aromatic N) is 2. The fourth-order valence-electron chi connectivity index (χ4n) is 4.13. The minimum Gasteiger partial charge on any atom is -0.385 e. The molecule has 2 aliphatic rings. The van der Waals surface area contributed by atoms with Crippen LogP contribution in [0.25, 0.3) is 0 Å². The van der Waals surface area contributed by atoms with Crippen LogP contribution in [0.3, 0.4) is 0 Å². The van der Waals surface area contributed by atoms with Crippen LogP contribution < -0.4 is 10.6 Å². The van der Waals surface area contributed by atoms with Crippen molar-refractivity contribution in [1.29, 1.82) is 0 Å². The van der Waals surface area contributed by atoms with E-state index in [0.29, 0.717) is 5.41 Å². The zero-order valence-electron chi connectivity index (χ0n) is 16.8. The van der Waals surface area contributed by atoms with E-state index in [-0.39, 0.29) is 0 Å². The van der Waals surface area contributed by atoms with Gasteiger partial charge in [-0.1, -0.05) is 25.7 Å². The monoisotopic (exact) mass is 352 g/mol. The number of likely N-dealkylation sites (N-methyl/N-ethyl adjacent to an activating group) is 1. The van der Waals surface area contributed by atoms with Crippen LogP contribution in [0.1, 0.15) is 64.7 Å². The predicted molar refractivity (Wildman–Crippen MR) is 106 cm³/mol. The molecule has 2 saturated carbocycles. The van der Waals surface area contributed by atoms with Gasteiger partial charge in [0.25, 0.3) is 0 Å². The van der Waals surface area contributed by atoms with Gasteiger partial charge in [0.1, 0.15) is 0 Å². The van der Waals surface area contributed by atoms with Crippen LogP contribution >= 0.6 is 0 Å². The lowest BCUT2D eigenvalue weighted by Crippen LogP contribution is -2.44. The van der Waals surface area contributed by atoms with Crippen molar-refractivity contribution in [3.63, 3.8) is 0 Å². The van der Waals surface area contributed by atoms with E-state index in [1.807, 2.05) is 0 Å². The first-order chi connectivity index (χ1) is 12.2. The van der Waals surface area contributed by atoms with Gasteiger partial charge in [0.2, 0.25) is 0 Å². The Morgan fingerprint density at radius 1 is 1.16 bits per heavy atom. The van der Waals surface area contributed by atoms with Crippen LogP contribution in [0.4, 0.5) is 0 Å². The second-order valence-corrected chi connectivity index (χ2v) is 7.99. The Kier molecular flexibility index (Phi) is 9.04. The van der Waals surface area contributed by atoms with E-state index in [9.17, 15) is 0 Å². The average molecular weight is 353 g/mol. The summed E-state index contributed by atoms with van der Waals surface area (Å²) in [6, 6.07) is 0.780. The SMILES string of the molecule is CCNC(=NCC1(CCOC)CCC1)NCCN(C)C1CCCCC1. The highest BCUT2D eigenvalue weighted by Gasteiger charge is 2.36. The van der Waals surface area contributed by atoms with Crippen LogP contribution in [-0.4, -0.2) is 63.8 Å². The van der Waals surface area contributed by atoms with Gasteiger partial charge in [-0.25, -0.2) is 0 Å². The van der Waals surface area contributed by atoms with Gasteiger partial charge in [-0.3, -0.25) is 4.99 Å². The fraction of sp³-hybridized carbons (Fsp3) is 0.950. The van der Waals surface area contributed by atoms with Crippen molar-refractivity contribution < 1.29 is 4.74 Å². The third-order valence-corrected chi connectivity index (χ3v) is 6.12. The van der Waals surface area contributed by atoms with Gasteiger partial charge in [-0.05, 0) is 51.5 Å². The van der Waals surface area contributed by atoms with Crippen molar-refractivity contribution in [3.05, 3.63) is 0 Å². The molecule has 0 bridgehead atoms. The zero-order valence-corrected chi connectivity index (χ0v) is 16.8. The summed E-state index contributed by atoms with van der Waals surface area (Å²) >= 11 is 0. The van der Waals surface area contributed by atoms with Crippen molar-refractivity contribution >= 4 is 5.96 Å². The van der Waals surface area contributed by atoms with Gasteiger partial charge in [0.15, 0.2) is 5.96 Å². The quantitative estimate of drug-likeness (QED) is 0.469. The third-order valence-electron chi connectivity index (χ3n) is 6.12. The predicted octanol–water partition coefficient (Wildman–Crippen LogP) is 3.01. The average Bonchev–Trinajstić information content (AvgIpc) is 2.61. The summed E-state index contributed by atoms with van der Waals surface area (Å²) in [5.74, 6) is 0.975. The van der Waals surface area contributed by atoms with Crippen molar-refractivity contribution in [2.24, 2.45) is 10.4 Å². The maximum absolute atomic E-state index is 5.29. The summed E-state index contributed by atoms with van der Waals surface area (Å²) in [6.07, 6.45) is 12.0. The molecule has 5 nitrogen and oxygen atoms in total. The highest BCUT2D eigenvalue weighted by Crippen LogP contribution is 2.44. The molecule has 0 aromatic heterocycles. The second kappa shape index (κ2) is 11.0. The molecule has 0 amide bonds. The van der Waals surface area contributed by atoms with Gasteiger partial charge in [0, 0.05) is 45.9 Å². The number of rotatable bonds is 10. The van der Waals surface area contributed by atoms with E-state index in [1.54, 1.807) is 7.11 Å². The van der Waals surface area contributed by atoms with E-state index >= 15 is 0 Å². The molecule has 2 rings (SSSR count). The van der Waals surface area contributed by atoms with Gasteiger partial charge < -0.3 is 20.3 Å². The van der Waals surface area contributed by atoms with Crippen molar-refractivity contribution in [3.8, 4) is 0 Å². The number of ether oxygens (including phenoxy) is 1. The summed E-state index contributed by atoms with van der Waals surface area (Å²) < 4.78 is 5.29. The number of nitrogens with one attached hydrogen (secondary N) is 2. The minimum absolute atomic E-state index is 0.386. The molecule has 0 radical (unpaired) electrons. The molecule has 2 fully saturated rings. The molecule has 25 heavy (non-hydrogen) atoms. The first kappa shape index (κ1) is 20.5. The van der Waals surface area contributed by atoms with E-state index in [2.05, 4.69) is 29.5 Å². The van der Waals surface area contributed by atoms with E-state index in [1.165, 1.54) is 51.4 Å². The van der Waals surface area contributed by atoms with Gasteiger partial charge in [-0.15, -0.1) is 0 Å². The number of methoxy groups -OCH3 is 1. The molecule has 0 aliphatic heterocycles. The summed E-state index contributed by atoms with van der Waals surface area (Å²) in [4.78, 5) is 7.42. The molecule has 0 unspecified atom stereocenters. The van der Waals surface area contributed by atoms with Gasteiger partial charge in [0.05, 0.1) is 0 Å². The maximum atomic E-state index is 5.29. The molecule has 0 heterocycles. The Hall–Kier alpha value is -0.810. The number of hydrogen-bond donors (Lipinski definition) is 2. The van der Waals surface area contributed by atoms with Crippen LogP contribution in [0.15, 0.2) is 4.99 Å². The number of guanidine groups is 1. The Balaban J connectivity index is 1.75. The third kappa shape index (κ3) is 6.78. The maximum Gasteiger partial charge on any atom is 0.191 e. The first-order valence-electron chi connectivity index (χ1n) is 10.4. The minimum atomic E-state index is 0.386. The van der Waals surface area contributed by atoms with E-state index in [0.717, 1.165) is 51.2 Å². The lowest BCUT2D eigenvalue weighted by atomic mass is 9.67. The zero-order chi connectivity index (χ0) is 18.0. The lowest BCUT2D eigenvalue weighted by molar-refractivity contribution is 0.0778. The Morgan fingerprint density at radius 2 is 1.92 bits per heavy atom. The molecule has 0 atom stereocenters. The molecule has 5 heteroatoms. The molecule has 0 spiro atoms. The van der Waals surface area contributed by atoms with E-state index < -0.39 is 0 Å². The Bertz CT molecular complexity index is 389. The smallest absolute Gasteiger partial charge is 0.191 e. The Labute approximate surface area is 155 Å². The second-order valence-electron chi connectivity index (χ2n) is 7.99. The standard InChI is InChI=1S/C20H40N4O/c1-4-21-19(23-17-20(11-8-12-20)13-16-25-3)22-14-15-24(2)18-9-6-5-7-10-18/h18H,4-17H2,1-3H3,(H2,21,22,23). The molecule has 2 aliphatic carbocycles. The van der Waals surface area contributed by atoms with Crippen LogP contribution in [0.2, 0.25) is 0 Å². The van der Waals surface area contributed by atoms with Crippen molar-refractivity contribution in [1.82, 2.24) is 15.5 Å². The molecule has 2 N–H and O–H groups in total. The van der Waals surface area contributed by atoms with Gasteiger partial charge in [-0.2, -0.15) is 0 Å². The first-order valence-corrected chi connectivity index (χ1v) is 10.4. The highest BCUT2D eigenvalue weighted by atomic mass is 16.5. The topological polar surface area (TPSA) is 48.9 Å². The van der Waals surface area contributed by atoms with Gasteiger partial charge >= 0.3 is 0 Å². The normalized spacial score (nSPS) is 21.2. The lowest BCUT2D eigenvalue weighted by Gasteiger charge is -2.40. The summed E-state index contributed by atoms with van der Waals surface area (Å²) in [5.41, 5.74) is 0.386. The fourth-order valence-corrected chi connectivity index (χ4v) is 4.13. The molecule has 0 aromatic rings. The Morgan fingerprint density at radius 3 is 2.52 bits per heavy atom. The summed E-state index contributed by atoms with van der Waals surface area (Å²) in [6.45, 7) is 6.87. The number of aliphatic imine (C=N–C) groups is 1. The van der Waals surface area contributed by atoms with Crippen LogP contribution in [0.5, 0.6) is 0 Å². The highest BCUT2D eigenvalue weighted by molar-refractivity contribution is 5.79. The molecule has 0 aromatic carbocycles. The largest absolute Gasteiger partial charge is 0.385 e. The molecule has 146 valence electrons.